The molecule has 1 aromatic rings. The normalized spacial score (nSPS) is 15.1. The maximum absolute atomic E-state index is 13.9. The van der Waals surface area contributed by atoms with Crippen LogP contribution in [-0.4, -0.2) is 50.2 Å². The van der Waals surface area contributed by atoms with Crippen LogP contribution in [0, 0.1) is 11.7 Å². The van der Waals surface area contributed by atoms with E-state index in [2.05, 4.69) is 15.2 Å². The largest absolute Gasteiger partial charge is 0.491 e. The minimum atomic E-state index is -0.364. The van der Waals surface area contributed by atoms with E-state index in [0.717, 1.165) is 37.5 Å². The first kappa shape index (κ1) is 23.5. The van der Waals surface area contributed by atoms with E-state index in [1.165, 1.54) is 6.07 Å². The van der Waals surface area contributed by atoms with Crippen LogP contribution in [0.15, 0.2) is 23.2 Å². The molecule has 1 N–H and O–H groups in total. The van der Waals surface area contributed by atoms with Crippen molar-refractivity contribution in [1.29, 1.82) is 0 Å². The van der Waals surface area contributed by atoms with Crippen molar-refractivity contribution in [3.63, 3.8) is 0 Å². The molecule has 2 rings (SSSR count). The number of esters is 1. The zero-order chi connectivity index (χ0) is 18.9. The van der Waals surface area contributed by atoms with Gasteiger partial charge in [0.15, 0.2) is 17.5 Å². The molecule has 0 aromatic heterocycles. The smallest absolute Gasteiger partial charge is 0.309 e. The lowest BCUT2D eigenvalue weighted by Crippen LogP contribution is -2.46. The number of aliphatic imine (C=N–C) groups is 1. The number of hydrogen-bond acceptors (Lipinski definition) is 4. The summed E-state index contributed by atoms with van der Waals surface area (Å²) in [5.41, 5.74) is 0.813. The molecule has 1 fully saturated rings. The molecule has 27 heavy (non-hydrogen) atoms. The standard InChI is InChI=1S/C19H28FN3O3.HI/c1-4-25-17-7-6-14(12-16(17)20)13-22-19(21-3)23-10-8-15(9-11-23)18(24)26-5-2;/h6-7,12,15H,4-5,8-11,13H2,1-3H3,(H,21,22);1H. The summed E-state index contributed by atoms with van der Waals surface area (Å²) in [6, 6.07) is 4.95. The topological polar surface area (TPSA) is 63.2 Å². The minimum Gasteiger partial charge on any atom is -0.491 e. The molecular formula is C19H29FIN3O3. The SMILES string of the molecule is CCOC(=O)C1CCN(C(=NC)NCc2ccc(OCC)c(F)c2)CC1.I. The Morgan fingerprint density at radius 1 is 1.30 bits per heavy atom. The van der Waals surface area contributed by atoms with Gasteiger partial charge in [0, 0.05) is 26.7 Å². The Morgan fingerprint density at radius 3 is 2.56 bits per heavy atom. The molecule has 1 aliphatic rings. The van der Waals surface area contributed by atoms with Crippen molar-refractivity contribution >= 4 is 35.9 Å². The van der Waals surface area contributed by atoms with Gasteiger partial charge in [0.25, 0.3) is 0 Å². The third-order valence-corrected chi connectivity index (χ3v) is 4.37. The molecule has 1 aliphatic heterocycles. The van der Waals surface area contributed by atoms with Crippen LogP contribution in [-0.2, 0) is 16.1 Å². The predicted molar refractivity (Wildman–Crippen MR) is 114 cm³/mol. The van der Waals surface area contributed by atoms with Crippen LogP contribution in [0.4, 0.5) is 4.39 Å². The number of nitrogens with one attached hydrogen (secondary N) is 1. The predicted octanol–water partition coefficient (Wildman–Crippen LogP) is 3.19. The maximum Gasteiger partial charge on any atom is 0.309 e. The zero-order valence-electron chi connectivity index (χ0n) is 16.2. The molecule has 0 bridgehead atoms. The van der Waals surface area contributed by atoms with Gasteiger partial charge in [-0.2, -0.15) is 0 Å². The second-order valence-electron chi connectivity index (χ2n) is 6.11. The van der Waals surface area contributed by atoms with Crippen molar-refractivity contribution in [1.82, 2.24) is 10.2 Å². The van der Waals surface area contributed by atoms with Crippen LogP contribution in [0.3, 0.4) is 0 Å². The molecule has 8 heteroatoms. The van der Waals surface area contributed by atoms with E-state index in [0.29, 0.717) is 19.8 Å². The molecule has 6 nitrogen and oxygen atoms in total. The Hall–Kier alpha value is -1.58. The Morgan fingerprint density at radius 2 is 2.00 bits per heavy atom. The van der Waals surface area contributed by atoms with Crippen molar-refractivity contribution in [3.05, 3.63) is 29.6 Å². The van der Waals surface area contributed by atoms with Gasteiger partial charge in [-0.3, -0.25) is 9.79 Å². The van der Waals surface area contributed by atoms with Crippen molar-refractivity contribution in [2.24, 2.45) is 10.9 Å². The van der Waals surface area contributed by atoms with Crippen LogP contribution in [0.1, 0.15) is 32.3 Å². The number of guanidine groups is 1. The maximum atomic E-state index is 13.9. The highest BCUT2D eigenvalue weighted by Gasteiger charge is 2.27. The van der Waals surface area contributed by atoms with E-state index < -0.39 is 0 Å². The summed E-state index contributed by atoms with van der Waals surface area (Å²) in [6.07, 6.45) is 1.49. The second kappa shape index (κ2) is 12.0. The van der Waals surface area contributed by atoms with E-state index in [1.807, 2.05) is 19.9 Å². The summed E-state index contributed by atoms with van der Waals surface area (Å²) in [4.78, 5) is 18.2. The van der Waals surface area contributed by atoms with E-state index in [1.54, 1.807) is 13.1 Å². The number of piperidine rings is 1. The molecule has 1 heterocycles. The number of likely N-dealkylation sites (tertiary alicyclic amines) is 1. The minimum absolute atomic E-state index is 0. The zero-order valence-corrected chi connectivity index (χ0v) is 18.5. The fraction of sp³-hybridized carbons (Fsp3) is 0.579. The summed E-state index contributed by atoms with van der Waals surface area (Å²) in [5.74, 6) is 0.504. The molecule has 0 atom stereocenters. The number of halogens is 2. The highest BCUT2D eigenvalue weighted by Crippen LogP contribution is 2.20. The third kappa shape index (κ3) is 6.82. The average Bonchev–Trinajstić information content (AvgIpc) is 2.65. The van der Waals surface area contributed by atoms with Crippen LogP contribution >= 0.6 is 24.0 Å². The molecule has 0 spiro atoms. The first-order chi connectivity index (χ1) is 12.6. The molecule has 0 saturated carbocycles. The molecule has 0 amide bonds. The van der Waals surface area contributed by atoms with Crippen molar-refractivity contribution < 1.29 is 18.7 Å². The molecule has 1 saturated heterocycles. The third-order valence-electron chi connectivity index (χ3n) is 4.37. The number of benzene rings is 1. The Labute approximate surface area is 177 Å². The van der Waals surface area contributed by atoms with E-state index in [4.69, 9.17) is 9.47 Å². The second-order valence-corrected chi connectivity index (χ2v) is 6.11. The van der Waals surface area contributed by atoms with Gasteiger partial charge in [0.2, 0.25) is 0 Å². The number of ether oxygens (including phenoxy) is 2. The monoisotopic (exact) mass is 493 g/mol. The molecule has 152 valence electrons. The Balaban J connectivity index is 0.00000364. The van der Waals surface area contributed by atoms with E-state index in [-0.39, 0.29) is 47.4 Å². The quantitative estimate of drug-likeness (QED) is 0.286. The first-order valence-electron chi connectivity index (χ1n) is 9.12. The van der Waals surface area contributed by atoms with Crippen LogP contribution in [0.2, 0.25) is 0 Å². The molecule has 0 radical (unpaired) electrons. The number of carbonyl (C=O) groups is 1. The lowest BCUT2D eigenvalue weighted by atomic mass is 9.97. The number of nitrogens with zero attached hydrogens (tertiary/aromatic N) is 2. The summed E-state index contributed by atoms with van der Waals surface area (Å²) in [6.45, 7) is 6.44. The van der Waals surface area contributed by atoms with Gasteiger partial charge in [-0.1, -0.05) is 6.07 Å². The van der Waals surface area contributed by atoms with Gasteiger partial charge in [-0.15, -0.1) is 24.0 Å². The van der Waals surface area contributed by atoms with E-state index in [9.17, 15) is 9.18 Å². The molecule has 0 unspecified atom stereocenters. The lowest BCUT2D eigenvalue weighted by Gasteiger charge is -2.33. The highest BCUT2D eigenvalue weighted by molar-refractivity contribution is 14.0. The van der Waals surface area contributed by atoms with Crippen LogP contribution in [0.25, 0.3) is 0 Å². The summed E-state index contributed by atoms with van der Waals surface area (Å²) in [7, 11) is 1.72. The lowest BCUT2D eigenvalue weighted by molar-refractivity contribution is -0.149. The average molecular weight is 493 g/mol. The van der Waals surface area contributed by atoms with Gasteiger partial charge in [0.1, 0.15) is 0 Å². The summed E-state index contributed by atoms with van der Waals surface area (Å²) < 4.78 is 24.3. The van der Waals surface area contributed by atoms with Gasteiger partial charge >= 0.3 is 5.97 Å². The van der Waals surface area contributed by atoms with Gasteiger partial charge in [0.05, 0.1) is 19.1 Å². The first-order valence-corrected chi connectivity index (χ1v) is 9.12. The van der Waals surface area contributed by atoms with Crippen LogP contribution in [0.5, 0.6) is 5.75 Å². The number of rotatable bonds is 6. The Kier molecular flexibility index (Phi) is 10.4. The number of carbonyl (C=O) groups excluding carboxylic acids is 1. The van der Waals surface area contributed by atoms with E-state index >= 15 is 0 Å². The molecular weight excluding hydrogens is 464 g/mol. The van der Waals surface area contributed by atoms with Gasteiger partial charge in [-0.25, -0.2) is 4.39 Å². The summed E-state index contributed by atoms with van der Waals surface area (Å²) >= 11 is 0. The van der Waals surface area contributed by atoms with Crippen molar-refractivity contribution in [2.75, 3.05) is 33.4 Å². The van der Waals surface area contributed by atoms with Gasteiger partial charge in [-0.05, 0) is 44.4 Å². The van der Waals surface area contributed by atoms with Gasteiger partial charge < -0.3 is 19.7 Å². The fourth-order valence-electron chi connectivity index (χ4n) is 3.03. The Bertz CT molecular complexity index is 635. The summed E-state index contributed by atoms with van der Waals surface area (Å²) in [5, 5.41) is 3.26. The number of hydrogen-bond donors (Lipinski definition) is 1. The van der Waals surface area contributed by atoms with Crippen LogP contribution < -0.4 is 10.1 Å². The fourth-order valence-corrected chi connectivity index (χ4v) is 3.03. The van der Waals surface area contributed by atoms with Crippen molar-refractivity contribution in [3.8, 4) is 5.75 Å². The van der Waals surface area contributed by atoms with Crippen molar-refractivity contribution in [2.45, 2.75) is 33.2 Å². The highest BCUT2D eigenvalue weighted by atomic mass is 127. The molecule has 1 aromatic carbocycles. The molecule has 0 aliphatic carbocycles.